The van der Waals surface area contributed by atoms with Crippen LogP contribution in [0.3, 0.4) is 0 Å². The van der Waals surface area contributed by atoms with E-state index >= 15 is 0 Å². The molecule has 0 aliphatic rings. The molecule has 0 radical (unpaired) electrons. The standard InChI is InChI=1S/C17H22N6/c1-3-12(2)21-16-11-20-23-17(22-16)18-9-8-13-10-19-15-7-5-4-6-14(13)15/h4-7,10-12,19H,3,8-9H2,1-2H3,(H2,18,21,22,23). The van der Waals surface area contributed by atoms with Crippen LogP contribution in [-0.2, 0) is 6.42 Å². The zero-order valence-corrected chi connectivity index (χ0v) is 13.5. The molecule has 0 fully saturated rings. The summed E-state index contributed by atoms with van der Waals surface area (Å²) in [5.41, 5.74) is 2.45. The van der Waals surface area contributed by atoms with E-state index in [1.807, 2.05) is 6.07 Å². The molecule has 0 aliphatic carbocycles. The van der Waals surface area contributed by atoms with Crippen molar-refractivity contribution in [2.45, 2.75) is 32.7 Å². The fraction of sp³-hybridized carbons (Fsp3) is 0.353. The lowest BCUT2D eigenvalue weighted by Crippen LogP contribution is -2.16. The molecule has 2 heterocycles. The fourth-order valence-electron chi connectivity index (χ4n) is 2.45. The summed E-state index contributed by atoms with van der Waals surface area (Å²) in [6, 6.07) is 8.69. The molecule has 0 bridgehead atoms. The Kier molecular flexibility index (Phi) is 4.71. The summed E-state index contributed by atoms with van der Waals surface area (Å²) in [4.78, 5) is 7.73. The number of hydrogen-bond acceptors (Lipinski definition) is 5. The van der Waals surface area contributed by atoms with E-state index in [0.29, 0.717) is 12.0 Å². The van der Waals surface area contributed by atoms with Crippen LogP contribution in [0.5, 0.6) is 0 Å². The number of H-pyrrole nitrogens is 1. The van der Waals surface area contributed by atoms with Gasteiger partial charge >= 0.3 is 0 Å². The molecule has 120 valence electrons. The molecule has 1 aromatic carbocycles. The van der Waals surface area contributed by atoms with Crippen LogP contribution in [-0.4, -0.2) is 32.8 Å². The van der Waals surface area contributed by atoms with E-state index in [2.05, 4.69) is 69.0 Å². The van der Waals surface area contributed by atoms with Gasteiger partial charge in [-0.1, -0.05) is 25.1 Å². The molecule has 23 heavy (non-hydrogen) atoms. The van der Waals surface area contributed by atoms with E-state index in [4.69, 9.17) is 0 Å². The summed E-state index contributed by atoms with van der Waals surface area (Å²) in [5, 5.41) is 15.8. The number of para-hydroxylation sites is 1. The van der Waals surface area contributed by atoms with E-state index in [0.717, 1.165) is 25.2 Å². The third kappa shape index (κ3) is 3.77. The maximum Gasteiger partial charge on any atom is 0.244 e. The Bertz CT molecular complexity index is 766. The number of hydrogen-bond donors (Lipinski definition) is 3. The highest BCUT2D eigenvalue weighted by Gasteiger charge is 2.05. The average molecular weight is 310 g/mol. The van der Waals surface area contributed by atoms with Crippen LogP contribution in [0.1, 0.15) is 25.8 Å². The largest absolute Gasteiger partial charge is 0.366 e. The Hall–Kier alpha value is -2.63. The maximum absolute atomic E-state index is 4.44. The second-order valence-electron chi connectivity index (χ2n) is 5.66. The lowest BCUT2D eigenvalue weighted by atomic mass is 10.1. The predicted molar refractivity (Wildman–Crippen MR) is 93.7 cm³/mol. The summed E-state index contributed by atoms with van der Waals surface area (Å²) in [6.45, 7) is 5.01. The van der Waals surface area contributed by atoms with Gasteiger partial charge in [-0.05, 0) is 31.4 Å². The second-order valence-corrected chi connectivity index (χ2v) is 5.66. The van der Waals surface area contributed by atoms with Crippen molar-refractivity contribution in [3.63, 3.8) is 0 Å². The summed E-state index contributed by atoms with van der Waals surface area (Å²) >= 11 is 0. The van der Waals surface area contributed by atoms with Gasteiger partial charge < -0.3 is 15.6 Å². The van der Waals surface area contributed by atoms with Crippen molar-refractivity contribution in [2.75, 3.05) is 17.2 Å². The van der Waals surface area contributed by atoms with Crippen molar-refractivity contribution < 1.29 is 0 Å². The van der Waals surface area contributed by atoms with E-state index in [1.165, 1.54) is 16.5 Å². The molecular weight excluding hydrogens is 288 g/mol. The Morgan fingerprint density at radius 1 is 1.26 bits per heavy atom. The number of nitrogens with zero attached hydrogens (tertiary/aromatic N) is 3. The minimum absolute atomic E-state index is 0.366. The fourth-order valence-corrected chi connectivity index (χ4v) is 2.45. The summed E-state index contributed by atoms with van der Waals surface area (Å²) < 4.78 is 0. The number of anilines is 2. The van der Waals surface area contributed by atoms with Crippen LogP contribution in [0, 0.1) is 0 Å². The molecule has 6 nitrogen and oxygen atoms in total. The van der Waals surface area contributed by atoms with E-state index in [9.17, 15) is 0 Å². The zero-order chi connectivity index (χ0) is 16.1. The van der Waals surface area contributed by atoms with Gasteiger partial charge in [0.2, 0.25) is 5.95 Å². The molecule has 6 heteroatoms. The first-order valence-electron chi connectivity index (χ1n) is 8.01. The molecular formula is C17H22N6. The number of nitrogens with one attached hydrogen (secondary N) is 3. The molecule has 0 amide bonds. The average Bonchev–Trinajstić information content (AvgIpc) is 2.98. The Morgan fingerprint density at radius 2 is 2.13 bits per heavy atom. The number of aromatic nitrogens is 4. The van der Waals surface area contributed by atoms with Crippen molar-refractivity contribution in [3.05, 3.63) is 42.2 Å². The molecule has 1 unspecified atom stereocenters. The summed E-state index contributed by atoms with van der Waals surface area (Å²) in [7, 11) is 0. The Labute approximate surface area is 135 Å². The molecule has 0 aliphatic heterocycles. The van der Waals surface area contributed by atoms with E-state index < -0.39 is 0 Å². The molecule has 3 N–H and O–H groups in total. The molecule has 0 saturated carbocycles. The Morgan fingerprint density at radius 3 is 3.00 bits per heavy atom. The van der Waals surface area contributed by atoms with Crippen LogP contribution in [0.2, 0.25) is 0 Å². The van der Waals surface area contributed by atoms with Crippen molar-refractivity contribution in [2.24, 2.45) is 0 Å². The van der Waals surface area contributed by atoms with Gasteiger partial charge in [0.05, 0.1) is 6.20 Å². The zero-order valence-electron chi connectivity index (χ0n) is 13.5. The highest BCUT2D eigenvalue weighted by molar-refractivity contribution is 5.83. The highest BCUT2D eigenvalue weighted by Crippen LogP contribution is 2.18. The SMILES string of the molecule is CCC(C)Nc1cnnc(NCCc2c[nH]c3ccccc23)n1. The van der Waals surface area contributed by atoms with Gasteiger partial charge in [-0.2, -0.15) is 10.1 Å². The molecule has 3 rings (SSSR count). The first kappa shape index (κ1) is 15.3. The number of benzene rings is 1. The van der Waals surface area contributed by atoms with Crippen LogP contribution in [0.25, 0.3) is 10.9 Å². The summed E-state index contributed by atoms with van der Waals surface area (Å²) in [5.74, 6) is 1.31. The van der Waals surface area contributed by atoms with Crippen LogP contribution in [0.15, 0.2) is 36.7 Å². The van der Waals surface area contributed by atoms with Crippen molar-refractivity contribution >= 4 is 22.7 Å². The van der Waals surface area contributed by atoms with E-state index in [1.54, 1.807) is 6.20 Å². The number of fused-ring (bicyclic) bond motifs is 1. The third-order valence-corrected chi connectivity index (χ3v) is 3.92. The lowest BCUT2D eigenvalue weighted by molar-refractivity contribution is 0.755. The van der Waals surface area contributed by atoms with Gasteiger partial charge in [-0.3, -0.25) is 0 Å². The van der Waals surface area contributed by atoms with Gasteiger partial charge in [-0.25, -0.2) is 0 Å². The van der Waals surface area contributed by atoms with E-state index in [-0.39, 0.29) is 0 Å². The first-order valence-corrected chi connectivity index (χ1v) is 8.01. The monoisotopic (exact) mass is 310 g/mol. The lowest BCUT2D eigenvalue weighted by Gasteiger charge is -2.12. The van der Waals surface area contributed by atoms with Crippen molar-refractivity contribution in [1.29, 1.82) is 0 Å². The molecule has 0 saturated heterocycles. The number of rotatable bonds is 7. The quantitative estimate of drug-likeness (QED) is 0.624. The molecule has 3 aromatic rings. The third-order valence-electron chi connectivity index (χ3n) is 3.92. The second kappa shape index (κ2) is 7.09. The van der Waals surface area contributed by atoms with Crippen LogP contribution >= 0.6 is 0 Å². The maximum atomic E-state index is 4.44. The minimum atomic E-state index is 0.366. The smallest absolute Gasteiger partial charge is 0.244 e. The molecule has 1 atom stereocenters. The molecule has 2 aromatic heterocycles. The predicted octanol–water partition coefficient (Wildman–Crippen LogP) is 3.22. The van der Waals surface area contributed by atoms with Gasteiger partial charge in [0.15, 0.2) is 5.82 Å². The number of aromatic amines is 1. The van der Waals surface area contributed by atoms with Crippen molar-refractivity contribution in [1.82, 2.24) is 20.2 Å². The van der Waals surface area contributed by atoms with Gasteiger partial charge in [0.1, 0.15) is 0 Å². The van der Waals surface area contributed by atoms with Crippen LogP contribution in [0.4, 0.5) is 11.8 Å². The Balaban J connectivity index is 1.59. The summed E-state index contributed by atoms with van der Waals surface area (Å²) in [6.07, 6.45) is 5.65. The van der Waals surface area contributed by atoms with Crippen molar-refractivity contribution in [3.8, 4) is 0 Å². The highest BCUT2D eigenvalue weighted by atomic mass is 15.3. The van der Waals surface area contributed by atoms with Gasteiger partial charge in [-0.15, -0.1) is 5.10 Å². The normalized spacial score (nSPS) is 12.3. The first-order chi connectivity index (χ1) is 11.3. The van der Waals surface area contributed by atoms with Crippen LogP contribution < -0.4 is 10.6 Å². The van der Waals surface area contributed by atoms with Gasteiger partial charge in [0, 0.05) is 29.7 Å². The minimum Gasteiger partial charge on any atom is -0.366 e. The topological polar surface area (TPSA) is 78.5 Å². The molecule has 0 spiro atoms. The van der Waals surface area contributed by atoms with Gasteiger partial charge in [0.25, 0.3) is 0 Å².